The molecule has 3 nitrogen and oxygen atoms in total. The molecule has 0 N–H and O–H groups in total. The topological polar surface area (TPSA) is 33.2 Å². The summed E-state index contributed by atoms with van der Waals surface area (Å²) in [5, 5.41) is 0. The van der Waals surface area contributed by atoms with Gasteiger partial charge in [0.25, 0.3) is 0 Å². The highest BCUT2D eigenvalue weighted by Gasteiger charge is 2.25. The van der Waals surface area contributed by atoms with Crippen LogP contribution in [0.2, 0.25) is 0 Å². The van der Waals surface area contributed by atoms with E-state index in [9.17, 15) is 4.79 Å². The Morgan fingerprint density at radius 2 is 2.11 bits per heavy atom. The van der Waals surface area contributed by atoms with E-state index in [-0.39, 0.29) is 5.91 Å². The van der Waals surface area contributed by atoms with Crippen molar-refractivity contribution in [2.24, 2.45) is 0 Å². The van der Waals surface area contributed by atoms with Crippen LogP contribution in [0.4, 0.5) is 5.69 Å². The molecule has 2 aromatic rings. The first kappa shape index (κ1) is 11.9. The Morgan fingerprint density at radius 1 is 1.21 bits per heavy atom. The molecule has 0 saturated heterocycles. The van der Waals surface area contributed by atoms with Gasteiger partial charge in [-0.25, -0.2) is 0 Å². The Hall–Kier alpha value is -2.16. The molecule has 1 amide bonds. The maximum Gasteiger partial charge on any atom is 0.227 e. The first-order valence-electron chi connectivity index (χ1n) is 6.64. The molecule has 19 heavy (non-hydrogen) atoms. The van der Waals surface area contributed by atoms with Crippen LogP contribution in [-0.2, 0) is 11.2 Å². The van der Waals surface area contributed by atoms with Crippen LogP contribution in [0.25, 0.3) is 11.1 Å². The molecule has 1 aromatic heterocycles. The van der Waals surface area contributed by atoms with Crippen molar-refractivity contribution in [3.63, 3.8) is 0 Å². The van der Waals surface area contributed by atoms with E-state index in [1.165, 1.54) is 5.56 Å². The van der Waals surface area contributed by atoms with Gasteiger partial charge in [0.1, 0.15) is 0 Å². The lowest BCUT2D eigenvalue weighted by atomic mass is 9.94. The number of carbonyl (C=O) groups excluding carboxylic acids is 1. The molecule has 96 valence electrons. The number of amides is 1. The Balaban J connectivity index is 2.20. The number of benzene rings is 1. The number of nitrogens with zero attached hydrogens (tertiary/aromatic N) is 2. The zero-order valence-electron chi connectivity index (χ0n) is 11.0. The Labute approximate surface area is 112 Å². The van der Waals surface area contributed by atoms with Gasteiger partial charge in [0.2, 0.25) is 5.91 Å². The summed E-state index contributed by atoms with van der Waals surface area (Å²) >= 11 is 0. The minimum absolute atomic E-state index is 0.214. The predicted molar refractivity (Wildman–Crippen MR) is 76.0 cm³/mol. The van der Waals surface area contributed by atoms with Gasteiger partial charge in [-0.15, -0.1) is 0 Å². The minimum atomic E-state index is 0.214. The summed E-state index contributed by atoms with van der Waals surface area (Å²) in [7, 11) is 0. The van der Waals surface area contributed by atoms with Crippen LogP contribution in [0.3, 0.4) is 0 Å². The molecule has 0 unspecified atom stereocenters. The summed E-state index contributed by atoms with van der Waals surface area (Å²) in [5.74, 6) is 0.214. The van der Waals surface area contributed by atoms with Crippen molar-refractivity contribution in [1.29, 1.82) is 0 Å². The van der Waals surface area contributed by atoms with Gasteiger partial charge in [-0.2, -0.15) is 0 Å². The minimum Gasteiger partial charge on any atom is -0.312 e. The number of pyridine rings is 1. The second-order valence-corrected chi connectivity index (χ2v) is 4.69. The van der Waals surface area contributed by atoms with Crippen molar-refractivity contribution in [3.05, 3.63) is 48.3 Å². The largest absolute Gasteiger partial charge is 0.312 e. The predicted octanol–water partition coefficient (Wildman–Crippen LogP) is 3.05. The van der Waals surface area contributed by atoms with Gasteiger partial charge in [0.15, 0.2) is 0 Å². The van der Waals surface area contributed by atoms with E-state index in [4.69, 9.17) is 0 Å². The SMILES string of the molecule is CCN1C(=O)CCc2cccc(-c3cccnc3)c21. The number of hydrogen-bond acceptors (Lipinski definition) is 2. The summed E-state index contributed by atoms with van der Waals surface area (Å²) in [6.45, 7) is 2.73. The highest BCUT2D eigenvalue weighted by atomic mass is 16.2. The van der Waals surface area contributed by atoms with Crippen molar-refractivity contribution >= 4 is 11.6 Å². The molecule has 0 saturated carbocycles. The number of para-hydroxylation sites is 1. The number of carbonyl (C=O) groups is 1. The number of aromatic nitrogens is 1. The molecule has 0 aliphatic carbocycles. The fourth-order valence-corrected chi connectivity index (χ4v) is 2.70. The van der Waals surface area contributed by atoms with Gasteiger partial charge in [0, 0.05) is 36.5 Å². The Kier molecular flexibility index (Phi) is 3.03. The molecule has 0 spiro atoms. The van der Waals surface area contributed by atoms with Crippen molar-refractivity contribution in [3.8, 4) is 11.1 Å². The average molecular weight is 252 g/mol. The van der Waals surface area contributed by atoms with Crippen LogP contribution in [0.15, 0.2) is 42.7 Å². The summed E-state index contributed by atoms with van der Waals surface area (Å²) in [4.78, 5) is 18.1. The molecule has 1 aromatic carbocycles. The lowest BCUT2D eigenvalue weighted by Crippen LogP contribution is -2.35. The maximum atomic E-state index is 12.1. The molecule has 0 fully saturated rings. The van der Waals surface area contributed by atoms with Crippen molar-refractivity contribution < 1.29 is 4.79 Å². The van der Waals surface area contributed by atoms with Gasteiger partial charge >= 0.3 is 0 Å². The van der Waals surface area contributed by atoms with E-state index in [2.05, 4.69) is 23.2 Å². The molecule has 1 aliphatic rings. The normalized spacial score (nSPS) is 14.4. The fourth-order valence-electron chi connectivity index (χ4n) is 2.70. The molecular weight excluding hydrogens is 236 g/mol. The van der Waals surface area contributed by atoms with E-state index in [1.807, 2.05) is 30.2 Å². The number of rotatable bonds is 2. The Morgan fingerprint density at radius 3 is 2.84 bits per heavy atom. The number of anilines is 1. The van der Waals surface area contributed by atoms with E-state index in [0.717, 1.165) is 23.2 Å². The molecule has 0 atom stereocenters. The molecule has 2 heterocycles. The lowest BCUT2D eigenvalue weighted by molar-refractivity contribution is -0.118. The zero-order valence-corrected chi connectivity index (χ0v) is 11.0. The van der Waals surface area contributed by atoms with Crippen molar-refractivity contribution in [1.82, 2.24) is 4.98 Å². The van der Waals surface area contributed by atoms with Crippen LogP contribution in [0.1, 0.15) is 18.9 Å². The Bertz CT molecular complexity index is 607. The van der Waals surface area contributed by atoms with Gasteiger partial charge in [-0.05, 0) is 25.0 Å². The maximum absolute atomic E-state index is 12.1. The monoisotopic (exact) mass is 252 g/mol. The standard InChI is InChI=1S/C16H16N2O/c1-2-18-15(19)9-8-12-5-3-7-14(16(12)18)13-6-4-10-17-11-13/h3-7,10-11H,2,8-9H2,1H3. The van der Waals surface area contributed by atoms with Gasteiger partial charge in [-0.3, -0.25) is 9.78 Å². The third kappa shape index (κ3) is 2.01. The molecule has 1 aliphatic heterocycles. The number of hydrogen-bond donors (Lipinski definition) is 0. The second-order valence-electron chi connectivity index (χ2n) is 4.69. The first-order chi connectivity index (χ1) is 9.31. The van der Waals surface area contributed by atoms with Crippen LogP contribution in [-0.4, -0.2) is 17.4 Å². The lowest BCUT2D eigenvalue weighted by Gasteiger charge is -2.30. The zero-order chi connectivity index (χ0) is 13.2. The summed E-state index contributed by atoms with van der Waals surface area (Å²) in [6, 6.07) is 10.2. The van der Waals surface area contributed by atoms with E-state index in [0.29, 0.717) is 13.0 Å². The summed E-state index contributed by atoms with van der Waals surface area (Å²) < 4.78 is 0. The van der Waals surface area contributed by atoms with Gasteiger partial charge in [0.05, 0.1) is 5.69 Å². The summed E-state index contributed by atoms with van der Waals surface area (Å²) in [6.07, 6.45) is 5.06. The third-order valence-electron chi connectivity index (χ3n) is 3.59. The number of aryl methyl sites for hydroxylation is 1. The van der Waals surface area contributed by atoms with Crippen LogP contribution >= 0.6 is 0 Å². The average Bonchev–Trinajstić information content (AvgIpc) is 2.47. The second kappa shape index (κ2) is 4.84. The van der Waals surface area contributed by atoms with Crippen LogP contribution < -0.4 is 4.90 Å². The van der Waals surface area contributed by atoms with Crippen LogP contribution in [0.5, 0.6) is 0 Å². The molecule has 3 heteroatoms. The molecule has 0 bridgehead atoms. The van der Waals surface area contributed by atoms with E-state index >= 15 is 0 Å². The van der Waals surface area contributed by atoms with Gasteiger partial charge in [-0.1, -0.05) is 24.3 Å². The summed E-state index contributed by atoms with van der Waals surface area (Å²) in [5.41, 5.74) is 4.48. The number of fused-ring (bicyclic) bond motifs is 1. The molecule has 3 rings (SSSR count). The van der Waals surface area contributed by atoms with Gasteiger partial charge < -0.3 is 4.90 Å². The highest BCUT2D eigenvalue weighted by Crippen LogP contribution is 2.37. The smallest absolute Gasteiger partial charge is 0.227 e. The van der Waals surface area contributed by atoms with E-state index < -0.39 is 0 Å². The van der Waals surface area contributed by atoms with Crippen molar-refractivity contribution in [2.75, 3.05) is 11.4 Å². The highest BCUT2D eigenvalue weighted by molar-refractivity contribution is 6.01. The third-order valence-corrected chi connectivity index (χ3v) is 3.59. The first-order valence-corrected chi connectivity index (χ1v) is 6.64. The molecular formula is C16H16N2O. The quantitative estimate of drug-likeness (QED) is 0.823. The van der Waals surface area contributed by atoms with Crippen LogP contribution in [0, 0.1) is 0 Å². The van der Waals surface area contributed by atoms with Crippen molar-refractivity contribution in [2.45, 2.75) is 19.8 Å². The fraction of sp³-hybridized carbons (Fsp3) is 0.250. The van der Waals surface area contributed by atoms with E-state index in [1.54, 1.807) is 6.20 Å². The molecule has 0 radical (unpaired) electrons.